The molecule has 1 saturated heterocycles. The topological polar surface area (TPSA) is 100 Å². The maximum absolute atomic E-state index is 12.0. The Kier molecular flexibility index (Phi) is 3.60. The van der Waals surface area contributed by atoms with E-state index in [4.69, 9.17) is 4.74 Å². The number of nitrogens with one attached hydrogen (secondary N) is 1. The number of hydrogen-bond acceptors (Lipinski definition) is 5. The van der Waals surface area contributed by atoms with Gasteiger partial charge in [-0.3, -0.25) is 9.55 Å². The van der Waals surface area contributed by atoms with Crippen LogP contribution in [0.2, 0.25) is 0 Å². The molecular formula is C12H16BN3O4. The lowest BCUT2D eigenvalue weighted by molar-refractivity contribution is 0.0613. The Morgan fingerprint density at radius 2 is 2.20 bits per heavy atom. The number of imidazole rings is 1. The first-order valence-corrected chi connectivity index (χ1v) is 6.67. The standard InChI is InChI=1S/C12H16BN3O4/c17-12-15-11-10(5-9(6-14-11)13(18)19)16(12)7-8-1-3-20-4-2-8/h5-6,8,18-19H,1-4,7H2,(H,14,15,17). The average Bonchev–Trinajstić information content (AvgIpc) is 2.75. The summed E-state index contributed by atoms with van der Waals surface area (Å²) in [5.41, 5.74) is 1.12. The van der Waals surface area contributed by atoms with Crippen LogP contribution >= 0.6 is 0 Å². The fourth-order valence-corrected chi connectivity index (χ4v) is 2.56. The van der Waals surface area contributed by atoms with Gasteiger partial charge in [0.15, 0.2) is 5.65 Å². The lowest BCUT2D eigenvalue weighted by atomic mass is 9.81. The molecule has 8 heteroatoms. The zero-order valence-corrected chi connectivity index (χ0v) is 11.0. The van der Waals surface area contributed by atoms with Crippen LogP contribution in [-0.2, 0) is 11.3 Å². The van der Waals surface area contributed by atoms with E-state index in [-0.39, 0.29) is 11.2 Å². The second kappa shape index (κ2) is 5.39. The van der Waals surface area contributed by atoms with Crippen LogP contribution in [0.3, 0.4) is 0 Å². The third-order valence-electron chi connectivity index (χ3n) is 3.73. The van der Waals surface area contributed by atoms with Crippen LogP contribution in [0.1, 0.15) is 12.8 Å². The van der Waals surface area contributed by atoms with Gasteiger partial charge in [-0.1, -0.05) is 0 Å². The van der Waals surface area contributed by atoms with Crippen molar-refractivity contribution in [3.8, 4) is 0 Å². The number of hydrogen-bond donors (Lipinski definition) is 3. The van der Waals surface area contributed by atoms with Gasteiger partial charge in [-0.2, -0.15) is 0 Å². The van der Waals surface area contributed by atoms with Crippen LogP contribution in [0.15, 0.2) is 17.1 Å². The van der Waals surface area contributed by atoms with E-state index in [1.165, 1.54) is 6.20 Å². The number of ether oxygens (including phenoxy) is 1. The van der Waals surface area contributed by atoms with Crippen molar-refractivity contribution in [1.82, 2.24) is 14.5 Å². The molecule has 7 nitrogen and oxygen atoms in total. The van der Waals surface area contributed by atoms with Crippen molar-refractivity contribution < 1.29 is 14.8 Å². The highest BCUT2D eigenvalue weighted by Gasteiger charge is 2.19. The first kappa shape index (κ1) is 13.4. The van der Waals surface area contributed by atoms with Gasteiger partial charge in [-0.05, 0) is 24.8 Å². The summed E-state index contributed by atoms with van der Waals surface area (Å²) in [6.07, 6.45) is 3.20. The summed E-state index contributed by atoms with van der Waals surface area (Å²) in [4.78, 5) is 18.7. The van der Waals surface area contributed by atoms with E-state index in [1.54, 1.807) is 10.6 Å². The summed E-state index contributed by atoms with van der Waals surface area (Å²) in [6.45, 7) is 2.04. The molecule has 0 amide bonds. The zero-order valence-electron chi connectivity index (χ0n) is 11.0. The molecule has 1 aliphatic rings. The second-order valence-electron chi connectivity index (χ2n) is 5.11. The third kappa shape index (κ3) is 2.49. The van der Waals surface area contributed by atoms with Gasteiger partial charge >= 0.3 is 12.8 Å². The van der Waals surface area contributed by atoms with E-state index in [9.17, 15) is 14.8 Å². The highest BCUT2D eigenvalue weighted by Crippen LogP contribution is 2.18. The molecule has 20 heavy (non-hydrogen) atoms. The number of fused-ring (bicyclic) bond motifs is 1. The van der Waals surface area contributed by atoms with E-state index in [2.05, 4.69) is 9.97 Å². The fraction of sp³-hybridized carbons (Fsp3) is 0.500. The summed E-state index contributed by atoms with van der Waals surface area (Å²) >= 11 is 0. The van der Waals surface area contributed by atoms with E-state index in [1.807, 2.05) is 0 Å². The lowest BCUT2D eigenvalue weighted by Gasteiger charge is -2.22. The minimum atomic E-state index is -1.59. The summed E-state index contributed by atoms with van der Waals surface area (Å²) in [6, 6.07) is 1.59. The Morgan fingerprint density at radius 3 is 2.90 bits per heavy atom. The van der Waals surface area contributed by atoms with Crippen LogP contribution in [0.5, 0.6) is 0 Å². The molecule has 2 aromatic heterocycles. The zero-order chi connectivity index (χ0) is 14.1. The van der Waals surface area contributed by atoms with Crippen molar-refractivity contribution in [2.75, 3.05) is 13.2 Å². The van der Waals surface area contributed by atoms with Crippen LogP contribution in [-0.4, -0.2) is 44.9 Å². The molecule has 0 unspecified atom stereocenters. The van der Waals surface area contributed by atoms with Gasteiger partial charge in [-0.15, -0.1) is 0 Å². The van der Waals surface area contributed by atoms with E-state index >= 15 is 0 Å². The Balaban J connectivity index is 1.97. The van der Waals surface area contributed by atoms with Gasteiger partial charge in [-0.25, -0.2) is 9.78 Å². The van der Waals surface area contributed by atoms with Gasteiger partial charge in [0, 0.05) is 31.4 Å². The molecule has 106 valence electrons. The van der Waals surface area contributed by atoms with Gasteiger partial charge in [0.25, 0.3) is 0 Å². The molecule has 0 bridgehead atoms. The van der Waals surface area contributed by atoms with Crippen molar-refractivity contribution in [1.29, 1.82) is 0 Å². The van der Waals surface area contributed by atoms with Gasteiger partial charge in [0.2, 0.25) is 0 Å². The number of aromatic amines is 1. The van der Waals surface area contributed by atoms with E-state index in [0.29, 0.717) is 23.6 Å². The monoisotopic (exact) mass is 277 g/mol. The van der Waals surface area contributed by atoms with Gasteiger partial charge < -0.3 is 14.8 Å². The molecule has 3 heterocycles. The Morgan fingerprint density at radius 1 is 1.45 bits per heavy atom. The molecule has 0 aliphatic carbocycles. The molecule has 1 fully saturated rings. The Bertz CT molecular complexity index is 660. The maximum atomic E-state index is 12.0. The first-order chi connectivity index (χ1) is 9.65. The Labute approximate surface area is 115 Å². The van der Waals surface area contributed by atoms with E-state index < -0.39 is 7.12 Å². The predicted octanol–water partition coefficient (Wildman–Crippen LogP) is -1.17. The number of nitrogens with zero attached hydrogens (tertiary/aromatic N) is 2. The summed E-state index contributed by atoms with van der Waals surface area (Å²) in [7, 11) is -1.59. The number of rotatable bonds is 3. The van der Waals surface area contributed by atoms with Crippen molar-refractivity contribution in [3.63, 3.8) is 0 Å². The fourth-order valence-electron chi connectivity index (χ4n) is 2.56. The highest BCUT2D eigenvalue weighted by atomic mass is 16.5. The lowest BCUT2D eigenvalue weighted by Crippen LogP contribution is -2.30. The van der Waals surface area contributed by atoms with Crippen LogP contribution in [0.25, 0.3) is 11.2 Å². The normalized spacial score (nSPS) is 16.7. The molecule has 0 aromatic carbocycles. The van der Waals surface area contributed by atoms with Crippen molar-refractivity contribution in [2.24, 2.45) is 5.92 Å². The van der Waals surface area contributed by atoms with Crippen molar-refractivity contribution in [3.05, 3.63) is 22.7 Å². The molecule has 1 aliphatic heterocycles. The predicted molar refractivity (Wildman–Crippen MR) is 73.7 cm³/mol. The van der Waals surface area contributed by atoms with Crippen molar-refractivity contribution in [2.45, 2.75) is 19.4 Å². The molecular weight excluding hydrogens is 261 g/mol. The molecule has 0 saturated carbocycles. The quantitative estimate of drug-likeness (QED) is 0.614. The minimum absolute atomic E-state index is 0.219. The van der Waals surface area contributed by atoms with Crippen LogP contribution in [0, 0.1) is 5.92 Å². The molecule has 3 rings (SSSR count). The van der Waals surface area contributed by atoms with E-state index in [0.717, 1.165) is 26.1 Å². The molecule has 2 aromatic rings. The SMILES string of the molecule is O=c1[nH]c2ncc(B(O)O)cc2n1CC1CCOCC1. The highest BCUT2D eigenvalue weighted by molar-refractivity contribution is 6.58. The van der Waals surface area contributed by atoms with Gasteiger partial charge in [0.1, 0.15) is 0 Å². The molecule has 0 radical (unpaired) electrons. The largest absolute Gasteiger partial charge is 0.490 e. The maximum Gasteiger partial charge on any atom is 0.490 e. The van der Waals surface area contributed by atoms with Gasteiger partial charge in [0.05, 0.1) is 5.52 Å². The molecule has 3 N–H and O–H groups in total. The smallest absolute Gasteiger partial charge is 0.423 e. The second-order valence-corrected chi connectivity index (χ2v) is 5.11. The molecule has 0 spiro atoms. The summed E-state index contributed by atoms with van der Waals surface area (Å²) in [5.74, 6) is 0.392. The van der Waals surface area contributed by atoms with Crippen LogP contribution < -0.4 is 11.2 Å². The summed E-state index contributed by atoms with van der Waals surface area (Å²) < 4.78 is 6.93. The number of aromatic nitrogens is 3. The third-order valence-corrected chi connectivity index (χ3v) is 3.73. The Hall–Kier alpha value is -1.64. The number of H-pyrrole nitrogens is 1. The minimum Gasteiger partial charge on any atom is -0.423 e. The number of pyridine rings is 1. The molecule has 0 atom stereocenters. The summed E-state index contributed by atoms with van der Waals surface area (Å²) in [5, 5.41) is 18.4. The van der Waals surface area contributed by atoms with Crippen LogP contribution in [0.4, 0.5) is 0 Å². The van der Waals surface area contributed by atoms with Crippen molar-refractivity contribution >= 4 is 23.7 Å². The first-order valence-electron chi connectivity index (χ1n) is 6.67. The average molecular weight is 277 g/mol.